The lowest BCUT2D eigenvalue weighted by molar-refractivity contribution is 0.634. The fraction of sp³-hybridized carbons (Fsp3) is 0.333. The first kappa shape index (κ1) is 11.2. The molecule has 2 rings (SSSR count). The van der Waals surface area contributed by atoms with E-state index in [4.69, 9.17) is 5.73 Å². The summed E-state index contributed by atoms with van der Waals surface area (Å²) in [5.41, 5.74) is 8.91. The third-order valence-electron chi connectivity index (χ3n) is 2.66. The Morgan fingerprint density at radius 1 is 1.31 bits per heavy atom. The van der Waals surface area contributed by atoms with E-state index in [0.717, 1.165) is 12.8 Å². The first-order valence-corrected chi connectivity index (χ1v) is 6.25. The minimum atomic E-state index is 0.399. The second kappa shape index (κ2) is 5.72. The molecule has 0 amide bonds. The number of hydrogen-bond donors (Lipinski definition) is 1. The summed E-state index contributed by atoms with van der Waals surface area (Å²) >= 11 is 1.70. The number of nitrogens with zero attached hydrogens (tertiary/aromatic N) is 2. The molecular weight excluding hydrogens is 218 g/mol. The van der Waals surface area contributed by atoms with Crippen molar-refractivity contribution in [1.82, 2.24) is 9.97 Å². The van der Waals surface area contributed by atoms with Gasteiger partial charge in [-0.05, 0) is 36.9 Å². The number of hydrogen-bond acceptors (Lipinski definition) is 4. The van der Waals surface area contributed by atoms with E-state index < -0.39 is 0 Å². The van der Waals surface area contributed by atoms with E-state index in [0.29, 0.717) is 12.5 Å². The molecule has 16 heavy (non-hydrogen) atoms. The van der Waals surface area contributed by atoms with Gasteiger partial charge in [0.05, 0.1) is 5.51 Å². The van der Waals surface area contributed by atoms with Gasteiger partial charge in [-0.1, -0.05) is 6.07 Å². The molecule has 4 heteroatoms. The van der Waals surface area contributed by atoms with Crippen LogP contribution in [-0.4, -0.2) is 16.5 Å². The predicted molar refractivity (Wildman–Crippen MR) is 66.5 cm³/mol. The van der Waals surface area contributed by atoms with Gasteiger partial charge in [0.15, 0.2) is 0 Å². The highest BCUT2D eigenvalue weighted by Crippen LogP contribution is 2.20. The predicted octanol–water partition coefficient (Wildman–Crippen LogP) is 2.21. The minimum Gasteiger partial charge on any atom is -0.330 e. The summed E-state index contributed by atoms with van der Waals surface area (Å²) in [7, 11) is 0. The molecule has 0 aliphatic carbocycles. The zero-order chi connectivity index (χ0) is 11.2. The third-order valence-corrected chi connectivity index (χ3v) is 3.50. The average molecular weight is 233 g/mol. The molecule has 2 aromatic heterocycles. The topological polar surface area (TPSA) is 51.8 Å². The molecule has 84 valence electrons. The van der Waals surface area contributed by atoms with Crippen molar-refractivity contribution >= 4 is 11.3 Å². The Balaban J connectivity index is 1.96. The van der Waals surface area contributed by atoms with Gasteiger partial charge in [-0.15, -0.1) is 11.3 Å². The van der Waals surface area contributed by atoms with Crippen LogP contribution in [0.1, 0.15) is 22.8 Å². The first-order valence-electron chi connectivity index (χ1n) is 5.37. The van der Waals surface area contributed by atoms with E-state index >= 15 is 0 Å². The van der Waals surface area contributed by atoms with Gasteiger partial charge < -0.3 is 5.73 Å². The lowest BCUT2D eigenvalue weighted by Crippen LogP contribution is -2.13. The number of aryl methyl sites for hydroxylation is 1. The second-order valence-electron chi connectivity index (χ2n) is 3.73. The van der Waals surface area contributed by atoms with Crippen molar-refractivity contribution in [3.63, 3.8) is 0 Å². The number of pyridine rings is 1. The molecule has 0 saturated heterocycles. The van der Waals surface area contributed by atoms with E-state index in [2.05, 4.69) is 16.0 Å². The SMILES string of the molecule is NCC(CCc1cncs1)c1cccnc1. The molecular formula is C12H15N3S. The standard InChI is InChI=1S/C12H15N3S/c13-6-10(11-2-1-5-14-7-11)3-4-12-8-15-9-16-12/h1-2,5,7-10H,3-4,6,13H2. The van der Waals surface area contributed by atoms with E-state index in [1.807, 2.05) is 24.0 Å². The molecule has 1 unspecified atom stereocenters. The van der Waals surface area contributed by atoms with Crippen LogP contribution >= 0.6 is 11.3 Å². The van der Waals surface area contributed by atoms with Crippen molar-refractivity contribution in [2.75, 3.05) is 6.54 Å². The quantitative estimate of drug-likeness (QED) is 0.861. The van der Waals surface area contributed by atoms with Crippen LogP contribution < -0.4 is 5.73 Å². The molecule has 2 aromatic rings. The molecule has 0 aromatic carbocycles. The lowest BCUT2D eigenvalue weighted by Gasteiger charge is -2.13. The minimum absolute atomic E-state index is 0.399. The van der Waals surface area contributed by atoms with Gasteiger partial charge in [0.25, 0.3) is 0 Å². The van der Waals surface area contributed by atoms with Crippen molar-refractivity contribution in [3.05, 3.63) is 46.7 Å². The fourth-order valence-corrected chi connectivity index (χ4v) is 2.33. The maximum atomic E-state index is 5.80. The number of thiazole rings is 1. The second-order valence-corrected chi connectivity index (χ2v) is 4.70. The molecule has 0 bridgehead atoms. The third kappa shape index (κ3) is 2.87. The van der Waals surface area contributed by atoms with Gasteiger partial charge in [-0.3, -0.25) is 9.97 Å². The Labute approximate surface area is 99.4 Å². The van der Waals surface area contributed by atoms with Crippen LogP contribution in [0.4, 0.5) is 0 Å². The van der Waals surface area contributed by atoms with Crippen molar-refractivity contribution in [1.29, 1.82) is 0 Å². The zero-order valence-electron chi connectivity index (χ0n) is 9.04. The highest BCUT2D eigenvalue weighted by atomic mass is 32.1. The smallest absolute Gasteiger partial charge is 0.0794 e. The van der Waals surface area contributed by atoms with Crippen LogP contribution in [0, 0.1) is 0 Å². The van der Waals surface area contributed by atoms with Crippen LogP contribution in [-0.2, 0) is 6.42 Å². The van der Waals surface area contributed by atoms with Crippen LogP contribution in [0.15, 0.2) is 36.2 Å². The molecule has 0 saturated carbocycles. The average Bonchev–Trinajstić information content (AvgIpc) is 2.84. The molecule has 3 nitrogen and oxygen atoms in total. The Morgan fingerprint density at radius 2 is 2.25 bits per heavy atom. The Morgan fingerprint density at radius 3 is 2.88 bits per heavy atom. The summed E-state index contributed by atoms with van der Waals surface area (Å²) in [6, 6.07) is 4.06. The van der Waals surface area contributed by atoms with E-state index in [-0.39, 0.29) is 0 Å². The van der Waals surface area contributed by atoms with Crippen LogP contribution in [0.5, 0.6) is 0 Å². The Bertz CT molecular complexity index is 399. The van der Waals surface area contributed by atoms with Crippen LogP contribution in [0.3, 0.4) is 0 Å². The molecule has 0 radical (unpaired) electrons. The van der Waals surface area contributed by atoms with Gasteiger partial charge in [-0.25, -0.2) is 0 Å². The Hall–Kier alpha value is -1.26. The summed E-state index contributed by atoms with van der Waals surface area (Å²) in [5.74, 6) is 0.399. The maximum absolute atomic E-state index is 5.80. The summed E-state index contributed by atoms with van der Waals surface area (Å²) < 4.78 is 0. The molecule has 0 aliphatic rings. The number of aromatic nitrogens is 2. The van der Waals surface area contributed by atoms with Gasteiger partial charge in [0.2, 0.25) is 0 Å². The zero-order valence-corrected chi connectivity index (χ0v) is 9.86. The highest BCUT2D eigenvalue weighted by Gasteiger charge is 2.10. The Kier molecular flexibility index (Phi) is 4.02. The number of nitrogens with two attached hydrogens (primary N) is 1. The molecule has 2 N–H and O–H groups in total. The summed E-state index contributed by atoms with van der Waals surface area (Å²) in [6.45, 7) is 0.671. The maximum Gasteiger partial charge on any atom is 0.0794 e. The molecule has 2 heterocycles. The van der Waals surface area contributed by atoms with Crippen molar-refractivity contribution in [2.24, 2.45) is 5.73 Å². The van der Waals surface area contributed by atoms with Crippen LogP contribution in [0.2, 0.25) is 0 Å². The summed E-state index contributed by atoms with van der Waals surface area (Å²) in [4.78, 5) is 9.53. The van der Waals surface area contributed by atoms with Gasteiger partial charge >= 0.3 is 0 Å². The number of rotatable bonds is 5. The highest BCUT2D eigenvalue weighted by molar-refractivity contribution is 7.09. The van der Waals surface area contributed by atoms with E-state index in [9.17, 15) is 0 Å². The van der Waals surface area contributed by atoms with Crippen molar-refractivity contribution in [3.8, 4) is 0 Å². The van der Waals surface area contributed by atoms with Gasteiger partial charge in [0, 0.05) is 23.5 Å². The van der Waals surface area contributed by atoms with E-state index in [1.54, 1.807) is 17.5 Å². The normalized spacial score (nSPS) is 12.6. The first-order chi connectivity index (χ1) is 7.90. The molecule has 0 fully saturated rings. The van der Waals surface area contributed by atoms with Gasteiger partial charge in [-0.2, -0.15) is 0 Å². The molecule has 1 atom stereocenters. The summed E-state index contributed by atoms with van der Waals surface area (Å²) in [6.07, 6.45) is 7.73. The van der Waals surface area contributed by atoms with Gasteiger partial charge in [0.1, 0.15) is 0 Å². The molecule has 0 aliphatic heterocycles. The fourth-order valence-electron chi connectivity index (χ4n) is 1.72. The molecule has 0 spiro atoms. The monoisotopic (exact) mass is 233 g/mol. The van der Waals surface area contributed by atoms with Crippen molar-refractivity contribution in [2.45, 2.75) is 18.8 Å². The largest absolute Gasteiger partial charge is 0.330 e. The van der Waals surface area contributed by atoms with Crippen LogP contribution in [0.25, 0.3) is 0 Å². The van der Waals surface area contributed by atoms with E-state index in [1.165, 1.54) is 10.4 Å². The summed E-state index contributed by atoms with van der Waals surface area (Å²) in [5, 5.41) is 0. The lowest BCUT2D eigenvalue weighted by atomic mass is 9.95. The van der Waals surface area contributed by atoms with Crippen molar-refractivity contribution < 1.29 is 0 Å².